The zero-order valence-corrected chi connectivity index (χ0v) is 25.0. The van der Waals surface area contributed by atoms with E-state index in [4.69, 9.17) is 24.0 Å². The number of benzene rings is 1. The van der Waals surface area contributed by atoms with Crippen molar-refractivity contribution in [1.29, 1.82) is 0 Å². The van der Waals surface area contributed by atoms with Gasteiger partial charge in [-0.05, 0) is 44.9 Å². The monoisotopic (exact) mass is 606 g/mol. The summed E-state index contributed by atoms with van der Waals surface area (Å²) in [4.78, 5) is 20.6. The number of anilines is 1. The first-order valence-corrected chi connectivity index (χ1v) is 15.5. The van der Waals surface area contributed by atoms with Crippen molar-refractivity contribution in [1.82, 2.24) is 24.8 Å². The first-order valence-electron chi connectivity index (χ1n) is 14.0. The van der Waals surface area contributed by atoms with E-state index < -0.39 is 50.1 Å². The minimum Gasteiger partial charge on any atom is -0.413 e. The van der Waals surface area contributed by atoms with Gasteiger partial charge >= 0.3 is 13.4 Å². The third-order valence-corrected chi connectivity index (χ3v) is 8.70. The lowest BCUT2D eigenvalue weighted by Gasteiger charge is -2.27. The number of nitrogen functional groups attached to an aromatic ring is 1. The molecule has 15 heteroatoms. The third kappa shape index (κ3) is 7.25. The van der Waals surface area contributed by atoms with Crippen LogP contribution >= 0.6 is 7.75 Å². The number of rotatable bonds is 14. The van der Waals surface area contributed by atoms with Crippen LogP contribution in [0.2, 0.25) is 0 Å². The number of ether oxygens (including phenoxy) is 1. The largest absolute Gasteiger partial charge is 0.459 e. The van der Waals surface area contributed by atoms with Gasteiger partial charge in [-0.3, -0.25) is 9.09 Å². The lowest BCUT2D eigenvalue weighted by Crippen LogP contribution is -2.46. The Bertz CT molecular complexity index is 1410. The van der Waals surface area contributed by atoms with Crippen LogP contribution in [-0.2, 0) is 13.8 Å². The molecule has 1 unspecified atom stereocenters. The quantitative estimate of drug-likeness (QED) is 0.195. The van der Waals surface area contributed by atoms with Crippen molar-refractivity contribution >= 4 is 13.6 Å². The summed E-state index contributed by atoms with van der Waals surface area (Å²) in [7, 11) is -4.18. The molecule has 6 atom stereocenters. The first kappa shape index (κ1) is 31.8. The van der Waals surface area contributed by atoms with E-state index in [1.807, 2.05) is 0 Å². The molecule has 1 aliphatic rings. The second-order valence-electron chi connectivity index (χ2n) is 10.6. The van der Waals surface area contributed by atoms with Gasteiger partial charge < -0.3 is 29.7 Å². The summed E-state index contributed by atoms with van der Waals surface area (Å²) >= 11 is 0. The molecule has 2 aromatic heterocycles. The van der Waals surface area contributed by atoms with Gasteiger partial charge in [0.1, 0.15) is 29.4 Å². The van der Waals surface area contributed by atoms with Gasteiger partial charge in [-0.15, -0.1) is 0 Å². The van der Waals surface area contributed by atoms with Crippen molar-refractivity contribution in [2.75, 3.05) is 12.3 Å². The Balaban J connectivity index is 1.53. The Morgan fingerprint density at radius 2 is 1.88 bits per heavy atom. The van der Waals surface area contributed by atoms with Gasteiger partial charge in [-0.1, -0.05) is 50.0 Å². The van der Waals surface area contributed by atoms with Crippen LogP contribution in [0.4, 0.5) is 5.82 Å². The molecule has 14 nitrogen and oxygen atoms in total. The molecule has 0 spiro atoms. The fourth-order valence-electron chi connectivity index (χ4n) is 4.84. The van der Waals surface area contributed by atoms with Crippen LogP contribution in [0.15, 0.2) is 51.9 Å². The van der Waals surface area contributed by atoms with Crippen molar-refractivity contribution in [2.45, 2.75) is 89.4 Å². The molecule has 0 saturated carbocycles. The lowest BCUT2D eigenvalue weighted by molar-refractivity contribution is -0.0984. The van der Waals surface area contributed by atoms with E-state index in [0.29, 0.717) is 5.82 Å². The summed E-state index contributed by atoms with van der Waals surface area (Å²) in [5.41, 5.74) is 2.87. The van der Waals surface area contributed by atoms with Crippen LogP contribution in [0.5, 0.6) is 5.75 Å². The molecule has 0 radical (unpaired) electrons. The van der Waals surface area contributed by atoms with Crippen molar-refractivity contribution < 1.29 is 33.1 Å². The molecule has 3 aromatic rings. The third-order valence-electron chi connectivity index (χ3n) is 7.06. The van der Waals surface area contributed by atoms with Crippen molar-refractivity contribution in [3.63, 3.8) is 0 Å². The maximum absolute atomic E-state index is 14.1. The van der Waals surface area contributed by atoms with Gasteiger partial charge in [-0.2, -0.15) is 15.1 Å². The van der Waals surface area contributed by atoms with E-state index >= 15 is 0 Å². The number of aromatic nitrogens is 4. The summed E-state index contributed by atoms with van der Waals surface area (Å²) in [6.07, 6.45) is 1.04. The molecule has 0 bridgehead atoms. The second-order valence-corrected chi connectivity index (χ2v) is 12.2. The van der Waals surface area contributed by atoms with Crippen LogP contribution < -0.4 is 21.0 Å². The van der Waals surface area contributed by atoms with E-state index in [0.717, 1.165) is 30.3 Å². The van der Waals surface area contributed by atoms with E-state index in [-0.39, 0.29) is 23.4 Å². The molecule has 0 aliphatic carbocycles. The maximum atomic E-state index is 14.1. The average Bonchev–Trinajstić information content (AvgIpc) is 3.52. The summed E-state index contributed by atoms with van der Waals surface area (Å²) < 4.78 is 37.9. The SMILES string of the molecule is CCCC(CCC)c1noc([C@H](C)NP(=O)(OC[C@H]2O[C@@H](n3ccc(N)nc3=O)[C@](C)(O)[C@@H]2O)Oc2ccccc2)n1. The van der Waals surface area contributed by atoms with Crippen molar-refractivity contribution in [2.24, 2.45) is 0 Å². The number of aliphatic hydroxyl groups is 2. The second kappa shape index (κ2) is 13.4. The number of hydrogen-bond acceptors (Lipinski definition) is 12. The Labute approximate surface area is 243 Å². The number of nitrogens with two attached hydrogens (primary N) is 1. The summed E-state index contributed by atoms with van der Waals surface area (Å²) in [5.74, 6) is 1.20. The van der Waals surface area contributed by atoms with E-state index in [1.165, 1.54) is 19.2 Å². The molecular weight excluding hydrogens is 567 g/mol. The molecule has 1 aromatic carbocycles. The first-order chi connectivity index (χ1) is 20.0. The lowest BCUT2D eigenvalue weighted by atomic mass is 9.96. The van der Waals surface area contributed by atoms with Crippen LogP contribution in [0.25, 0.3) is 0 Å². The molecule has 1 saturated heterocycles. The fourth-order valence-corrected chi connectivity index (χ4v) is 6.35. The van der Waals surface area contributed by atoms with Crippen LogP contribution in [0.1, 0.15) is 83.3 Å². The molecule has 5 N–H and O–H groups in total. The predicted octanol–water partition coefficient (Wildman–Crippen LogP) is 3.46. The van der Waals surface area contributed by atoms with Gasteiger partial charge in [0.25, 0.3) is 0 Å². The minimum atomic E-state index is -4.18. The van der Waals surface area contributed by atoms with Gasteiger partial charge in [0.2, 0.25) is 5.89 Å². The Morgan fingerprint density at radius 1 is 1.19 bits per heavy atom. The Morgan fingerprint density at radius 3 is 2.52 bits per heavy atom. The van der Waals surface area contributed by atoms with E-state index in [2.05, 4.69) is 34.1 Å². The molecule has 3 heterocycles. The zero-order valence-electron chi connectivity index (χ0n) is 24.1. The summed E-state index contributed by atoms with van der Waals surface area (Å²) in [6, 6.07) is 9.02. The highest BCUT2D eigenvalue weighted by Gasteiger charge is 2.54. The molecule has 230 valence electrons. The van der Waals surface area contributed by atoms with Gasteiger partial charge in [0.15, 0.2) is 12.1 Å². The van der Waals surface area contributed by atoms with Crippen LogP contribution in [0.3, 0.4) is 0 Å². The topological polar surface area (TPSA) is 197 Å². The highest BCUT2D eigenvalue weighted by atomic mass is 31.2. The predicted molar refractivity (Wildman–Crippen MR) is 152 cm³/mol. The number of aliphatic hydroxyl groups excluding tert-OH is 1. The number of hydrogen-bond donors (Lipinski definition) is 4. The summed E-state index contributed by atoms with van der Waals surface area (Å²) in [5, 5.41) is 28.9. The van der Waals surface area contributed by atoms with Gasteiger partial charge in [0.05, 0.1) is 12.6 Å². The van der Waals surface area contributed by atoms with E-state index in [9.17, 15) is 19.6 Å². The maximum Gasteiger partial charge on any atom is 0.459 e. The van der Waals surface area contributed by atoms with Gasteiger partial charge in [-0.25, -0.2) is 9.36 Å². The standard InChI is InChI=1S/C27H39N6O8P/c1-5-10-18(11-6-2)23-30-24(40-31-23)17(3)32-42(37,41-19-12-8-7-9-13-19)38-16-20-22(34)27(4,36)25(39-20)33-15-14-21(28)29-26(33)35/h7-9,12-15,17-18,20,22,25,34,36H,5-6,10-11,16H2,1-4H3,(H,32,37)(H2,28,29,35)/t17-,20+,22+,25+,27+,42?/m0/s1. The highest BCUT2D eigenvalue weighted by molar-refractivity contribution is 7.52. The number of para-hydroxylation sites is 1. The summed E-state index contributed by atoms with van der Waals surface area (Å²) in [6.45, 7) is 6.71. The van der Waals surface area contributed by atoms with Crippen molar-refractivity contribution in [3.05, 3.63) is 64.8 Å². The zero-order chi connectivity index (χ0) is 30.5. The molecular formula is C27H39N6O8P. The molecule has 4 rings (SSSR count). The number of nitrogens with zero attached hydrogens (tertiary/aromatic N) is 4. The average molecular weight is 607 g/mol. The Kier molecular flexibility index (Phi) is 10.2. The normalized spacial score (nSPS) is 24.5. The van der Waals surface area contributed by atoms with Crippen LogP contribution in [0, 0.1) is 0 Å². The van der Waals surface area contributed by atoms with Crippen molar-refractivity contribution in [3.8, 4) is 5.75 Å². The van der Waals surface area contributed by atoms with Crippen LogP contribution in [-0.4, -0.2) is 54.3 Å². The number of nitrogens with one attached hydrogen (secondary N) is 1. The molecule has 1 aliphatic heterocycles. The fraction of sp³-hybridized carbons (Fsp3) is 0.556. The van der Waals surface area contributed by atoms with Gasteiger partial charge in [0, 0.05) is 12.1 Å². The Hall–Kier alpha value is -3.13. The smallest absolute Gasteiger partial charge is 0.413 e. The highest BCUT2D eigenvalue weighted by Crippen LogP contribution is 2.48. The molecule has 1 fully saturated rings. The van der Waals surface area contributed by atoms with E-state index in [1.54, 1.807) is 37.3 Å². The molecule has 42 heavy (non-hydrogen) atoms. The minimum absolute atomic E-state index is 0.00636. The molecule has 0 amide bonds.